The summed E-state index contributed by atoms with van der Waals surface area (Å²) in [5.74, 6) is 0.710. The number of anilines is 1. The molecule has 1 heterocycles. The Hall–Kier alpha value is -1.62. The van der Waals surface area contributed by atoms with Crippen molar-refractivity contribution in [3.63, 3.8) is 0 Å². The fourth-order valence-corrected chi connectivity index (χ4v) is 2.88. The highest BCUT2D eigenvalue weighted by Gasteiger charge is 2.40. The van der Waals surface area contributed by atoms with E-state index >= 15 is 0 Å². The number of benzene rings is 1. The summed E-state index contributed by atoms with van der Waals surface area (Å²) in [5.41, 5.74) is 7.43. The molecule has 5 nitrogen and oxygen atoms in total. The smallest absolute Gasteiger partial charge is 0.184 e. The summed E-state index contributed by atoms with van der Waals surface area (Å²) in [5, 5.41) is 12.7. The minimum Gasteiger partial charge on any atom is -0.397 e. The summed E-state index contributed by atoms with van der Waals surface area (Å²) >= 11 is 6.08. The zero-order chi connectivity index (χ0) is 13.5. The topological polar surface area (TPSA) is 69.6 Å². The highest BCUT2D eigenvalue weighted by atomic mass is 35.5. The van der Waals surface area contributed by atoms with Crippen LogP contribution < -0.4 is 5.73 Å². The molecule has 0 atom stereocenters. The van der Waals surface area contributed by atoms with Gasteiger partial charge in [0, 0.05) is 5.56 Å². The first kappa shape index (κ1) is 12.4. The summed E-state index contributed by atoms with van der Waals surface area (Å²) in [6.07, 6.45) is 4.47. The Morgan fingerprint density at radius 1 is 1.42 bits per heavy atom. The van der Waals surface area contributed by atoms with Crippen molar-refractivity contribution >= 4 is 17.3 Å². The van der Waals surface area contributed by atoms with Gasteiger partial charge in [0.1, 0.15) is 0 Å². The van der Waals surface area contributed by atoms with E-state index < -0.39 is 0 Å². The van der Waals surface area contributed by atoms with E-state index in [4.69, 9.17) is 17.3 Å². The van der Waals surface area contributed by atoms with Gasteiger partial charge in [-0.25, -0.2) is 4.68 Å². The van der Waals surface area contributed by atoms with Gasteiger partial charge in [-0.2, -0.15) is 0 Å². The van der Waals surface area contributed by atoms with Gasteiger partial charge < -0.3 is 5.73 Å². The monoisotopic (exact) mass is 277 g/mol. The van der Waals surface area contributed by atoms with Gasteiger partial charge in [0.15, 0.2) is 5.82 Å². The Kier molecular flexibility index (Phi) is 2.93. The second-order valence-electron chi connectivity index (χ2n) is 5.05. The van der Waals surface area contributed by atoms with Gasteiger partial charge in [0.2, 0.25) is 0 Å². The largest absolute Gasteiger partial charge is 0.397 e. The first-order valence-electron chi connectivity index (χ1n) is 6.51. The Balaban J connectivity index is 2.12. The summed E-state index contributed by atoms with van der Waals surface area (Å²) in [6, 6.07) is 5.55. The summed E-state index contributed by atoms with van der Waals surface area (Å²) in [6.45, 7) is 2.17. The number of nitrogens with zero attached hydrogens (tertiary/aromatic N) is 4. The first-order chi connectivity index (χ1) is 9.18. The fourth-order valence-electron chi connectivity index (χ4n) is 2.71. The van der Waals surface area contributed by atoms with E-state index in [1.807, 2.05) is 16.8 Å². The Morgan fingerprint density at radius 3 is 2.84 bits per heavy atom. The van der Waals surface area contributed by atoms with Crippen molar-refractivity contribution in [2.45, 2.75) is 38.1 Å². The van der Waals surface area contributed by atoms with Crippen LogP contribution in [0, 0.1) is 0 Å². The number of hydrogen-bond donors (Lipinski definition) is 1. The standard InChI is InChI=1S/C13H16ClN5/c1-2-13(7-4-8-13)19-12(16-17-18-19)9-5-3-6-10(14)11(9)15/h3,5-6H,2,4,7-8,15H2,1H3. The lowest BCUT2D eigenvalue weighted by Gasteiger charge is -2.41. The predicted octanol–water partition coefficient (Wildman–Crippen LogP) is 2.86. The molecule has 1 aliphatic carbocycles. The SMILES string of the molecule is CCC1(n2nnnc2-c2cccc(Cl)c2N)CCC1. The molecule has 2 aromatic rings. The summed E-state index contributed by atoms with van der Waals surface area (Å²) in [7, 11) is 0. The first-order valence-corrected chi connectivity index (χ1v) is 6.89. The molecule has 2 N–H and O–H groups in total. The molecule has 0 saturated heterocycles. The van der Waals surface area contributed by atoms with E-state index in [-0.39, 0.29) is 5.54 Å². The number of aromatic nitrogens is 4. The molecule has 1 aromatic heterocycles. The minimum absolute atomic E-state index is 0.0492. The highest BCUT2D eigenvalue weighted by molar-refractivity contribution is 6.33. The van der Waals surface area contributed by atoms with Gasteiger partial charge in [-0.1, -0.05) is 24.6 Å². The van der Waals surface area contributed by atoms with Crippen LogP contribution in [-0.2, 0) is 5.54 Å². The molecule has 0 amide bonds. The van der Waals surface area contributed by atoms with Gasteiger partial charge in [-0.15, -0.1) is 5.10 Å². The zero-order valence-electron chi connectivity index (χ0n) is 10.8. The van der Waals surface area contributed by atoms with E-state index in [2.05, 4.69) is 22.4 Å². The molecule has 0 radical (unpaired) electrons. The number of halogens is 1. The summed E-state index contributed by atoms with van der Waals surface area (Å²) < 4.78 is 1.93. The molecular weight excluding hydrogens is 262 g/mol. The fraction of sp³-hybridized carbons (Fsp3) is 0.462. The van der Waals surface area contributed by atoms with Gasteiger partial charge in [0.05, 0.1) is 16.2 Å². The van der Waals surface area contributed by atoms with Crippen molar-refractivity contribution in [1.29, 1.82) is 0 Å². The molecule has 0 spiro atoms. The maximum atomic E-state index is 6.08. The number of tetrazole rings is 1. The third kappa shape index (κ3) is 1.80. The van der Waals surface area contributed by atoms with Gasteiger partial charge in [-0.3, -0.25) is 0 Å². The van der Waals surface area contributed by atoms with Crippen molar-refractivity contribution < 1.29 is 0 Å². The third-order valence-electron chi connectivity index (χ3n) is 4.16. The van der Waals surface area contributed by atoms with Crippen LogP contribution in [0.2, 0.25) is 5.02 Å². The van der Waals surface area contributed by atoms with Gasteiger partial charge >= 0.3 is 0 Å². The maximum absolute atomic E-state index is 6.08. The average Bonchev–Trinajstić information content (AvgIpc) is 2.82. The normalized spacial score (nSPS) is 17.2. The lowest BCUT2D eigenvalue weighted by atomic mass is 9.75. The molecule has 6 heteroatoms. The quantitative estimate of drug-likeness (QED) is 0.876. The second kappa shape index (κ2) is 4.49. The van der Waals surface area contributed by atoms with Crippen LogP contribution in [0.3, 0.4) is 0 Å². The number of rotatable bonds is 3. The van der Waals surface area contributed by atoms with Crippen molar-refractivity contribution in [1.82, 2.24) is 20.2 Å². The molecule has 100 valence electrons. The van der Waals surface area contributed by atoms with Crippen molar-refractivity contribution in [3.05, 3.63) is 23.2 Å². The van der Waals surface area contributed by atoms with E-state index in [1.54, 1.807) is 6.07 Å². The van der Waals surface area contributed by atoms with Crippen LogP contribution in [0.15, 0.2) is 18.2 Å². The van der Waals surface area contributed by atoms with E-state index in [1.165, 1.54) is 6.42 Å². The molecule has 1 aromatic carbocycles. The van der Waals surface area contributed by atoms with Crippen LogP contribution in [-0.4, -0.2) is 20.2 Å². The average molecular weight is 278 g/mol. The van der Waals surface area contributed by atoms with Crippen LogP contribution in [0.5, 0.6) is 0 Å². The lowest BCUT2D eigenvalue weighted by Crippen LogP contribution is -2.41. The van der Waals surface area contributed by atoms with Crippen LogP contribution in [0.25, 0.3) is 11.4 Å². The Bertz CT molecular complexity index is 597. The Morgan fingerprint density at radius 2 is 2.21 bits per heavy atom. The number of nitrogens with two attached hydrogens (primary N) is 1. The molecule has 0 bridgehead atoms. The predicted molar refractivity (Wildman–Crippen MR) is 74.8 cm³/mol. The third-order valence-corrected chi connectivity index (χ3v) is 4.48. The minimum atomic E-state index is 0.0492. The van der Waals surface area contributed by atoms with Gasteiger partial charge in [0.25, 0.3) is 0 Å². The molecule has 3 rings (SSSR count). The number of nitrogen functional groups attached to an aromatic ring is 1. The van der Waals surface area contributed by atoms with Crippen molar-refractivity contribution in [2.75, 3.05) is 5.73 Å². The number of hydrogen-bond acceptors (Lipinski definition) is 4. The van der Waals surface area contributed by atoms with Gasteiger partial charge in [-0.05, 0) is 48.2 Å². The molecule has 0 unspecified atom stereocenters. The summed E-state index contributed by atoms with van der Waals surface area (Å²) in [4.78, 5) is 0. The molecule has 1 aliphatic rings. The number of para-hydroxylation sites is 1. The molecule has 0 aliphatic heterocycles. The highest BCUT2D eigenvalue weighted by Crippen LogP contribution is 2.44. The zero-order valence-corrected chi connectivity index (χ0v) is 11.6. The van der Waals surface area contributed by atoms with Crippen molar-refractivity contribution in [3.8, 4) is 11.4 Å². The van der Waals surface area contributed by atoms with Crippen molar-refractivity contribution in [2.24, 2.45) is 0 Å². The van der Waals surface area contributed by atoms with Crippen LogP contribution in [0.4, 0.5) is 5.69 Å². The van der Waals surface area contributed by atoms with E-state index in [9.17, 15) is 0 Å². The maximum Gasteiger partial charge on any atom is 0.184 e. The Labute approximate surface area is 116 Å². The second-order valence-corrected chi connectivity index (χ2v) is 5.45. The molecule has 1 fully saturated rings. The molecule has 1 saturated carbocycles. The van der Waals surface area contributed by atoms with Crippen LogP contribution >= 0.6 is 11.6 Å². The van der Waals surface area contributed by atoms with E-state index in [0.717, 1.165) is 24.8 Å². The van der Waals surface area contributed by atoms with Crippen LogP contribution in [0.1, 0.15) is 32.6 Å². The van der Waals surface area contributed by atoms with E-state index in [0.29, 0.717) is 16.5 Å². The molecular formula is C13H16ClN5. The lowest BCUT2D eigenvalue weighted by molar-refractivity contribution is 0.118. The molecule has 19 heavy (non-hydrogen) atoms.